The lowest BCUT2D eigenvalue weighted by Gasteiger charge is -2.50. The highest BCUT2D eigenvalue weighted by Crippen LogP contribution is 2.71. The largest absolute Gasteiger partial charge is 0.328 e. The van der Waals surface area contributed by atoms with Crippen LogP contribution in [0.25, 0.3) is 0 Å². The van der Waals surface area contributed by atoms with Crippen molar-refractivity contribution in [1.29, 1.82) is 0 Å². The van der Waals surface area contributed by atoms with E-state index in [1.165, 1.54) is 41.9 Å². The van der Waals surface area contributed by atoms with Crippen molar-refractivity contribution in [3.63, 3.8) is 0 Å². The summed E-state index contributed by atoms with van der Waals surface area (Å²) in [5.74, 6) is 0. The van der Waals surface area contributed by atoms with Gasteiger partial charge in [0.25, 0.3) is 0 Å². The van der Waals surface area contributed by atoms with Gasteiger partial charge in [-0.1, -0.05) is 85.7 Å². The Kier molecular flexibility index (Phi) is 8.24. The summed E-state index contributed by atoms with van der Waals surface area (Å²) < 4.78 is 6.88. The van der Waals surface area contributed by atoms with E-state index in [0.29, 0.717) is 0 Å². The average Bonchev–Trinajstić information content (AvgIpc) is 2.64. The number of hydrogen-bond acceptors (Lipinski definition) is 1. The molecule has 1 nitrogen and oxygen atoms in total. The number of benzene rings is 2. The Hall–Kier alpha value is -1.25. The first kappa shape index (κ1) is 21.1. The van der Waals surface area contributed by atoms with Crippen molar-refractivity contribution in [3.8, 4) is 0 Å². The highest BCUT2D eigenvalue weighted by Gasteiger charge is 2.41. The monoisotopic (exact) mass is 372 g/mol. The summed E-state index contributed by atoms with van der Waals surface area (Å²) in [7, 11) is -1.57. The molecule has 0 aliphatic carbocycles. The molecule has 0 radical (unpaired) electrons. The molecule has 26 heavy (non-hydrogen) atoms. The molecule has 0 aliphatic rings. The zero-order valence-electron chi connectivity index (χ0n) is 17.0. The van der Waals surface area contributed by atoms with Gasteiger partial charge in [0.1, 0.15) is 0 Å². The van der Waals surface area contributed by atoms with Gasteiger partial charge in [0, 0.05) is 14.5 Å². The number of unbranched alkanes of at least 4 members (excludes halogenated alkanes) is 5. The lowest BCUT2D eigenvalue weighted by atomic mass is 10.1. The molecule has 2 aromatic rings. The molecule has 2 heteroatoms. The van der Waals surface area contributed by atoms with E-state index in [-0.39, 0.29) is 4.75 Å². The molecule has 0 amide bonds. The highest BCUT2D eigenvalue weighted by atomic mass is 32.3. The summed E-state index contributed by atoms with van der Waals surface area (Å²) in [6, 6.07) is 21.7. The Morgan fingerprint density at radius 3 is 1.62 bits per heavy atom. The van der Waals surface area contributed by atoms with Gasteiger partial charge in [-0.2, -0.15) is 0 Å². The molecule has 0 atom stereocenters. The van der Waals surface area contributed by atoms with E-state index < -0.39 is 10.3 Å². The normalized spacial score (nSPS) is 12.9. The average molecular weight is 373 g/mol. The Morgan fingerprint density at radius 2 is 1.15 bits per heavy atom. The van der Waals surface area contributed by atoms with Gasteiger partial charge in [-0.05, 0) is 51.5 Å². The molecule has 0 saturated heterocycles. The molecule has 2 aromatic carbocycles. The Balaban J connectivity index is 2.24. The summed E-state index contributed by atoms with van der Waals surface area (Å²) in [4.78, 5) is 2.65. The van der Waals surface area contributed by atoms with Crippen LogP contribution in [0.2, 0.25) is 0 Å². The third kappa shape index (κ3) is 5.14. The fourth-order valence-electron chi connectivity index (χ4n) is 3.45. The van der Waals surface area contributed by atoms with Gasteiger partial charge >= 0.3 is 0 Å². The van der Waals surface area contributed by atoms with E-state index in [1.54, 1.807) is 0 Å². The van der Waals surface area contributed by atoms with Crippen LogP contribution in [0.3, 0.4) is 0 Å². The maximum atomic E-state index is 6.86. The summed E-state index contributed by atoms with van der Waals surface area (Å²) in [5.41, 5.74) is 0. The molecule has 2 rings (SSSR count). The van der Waals surface area contributed by atoms with Crippen LogP contribution < -0.4 is 0 Å². The minimum Gasteiger partial charge on any atom is -0.328 e. The predicted octanol–water partition coefficient (Wildman–Crippen LogP) is 8.00. The maximum Gasteiger partial charge on any atom is 0.0601 e. The Bertz CT molecular complexity index is 576. The molecule has 0 aliphatic heterocycles. The van der Waals surface area contributed by atoms with Crippen molar-refractivity contribution in [3.05, 3.63) is 60.7 Å². The minimum atomic E-state index is -1.57. The zero-order valence-corrected chi connectivity index (χ0v) is 17.9. The van der Waals surface area contributed by atoms with Gasteiger partial charge in [-0.3, -0.25) is 0 Å². The standard InChI is InChI=1S/C24H36OS/c1-5-6-7-8-9-16-21-25-26(24(2,3)4,22-17-12-10-13-18-22)23-19-14-11-15-20-23/h10-15,17-20H,5-9,16,21H2,1-4H3. The molecule has 0 saturated carbocycles. The van der Waals surface area contributed by atoms with Crippen molar-refractivity contribution >= 4 is 10.3 Å². The van der Waals surface area contributed by atoms with Crippen molar-refractivity contribution < 1.29 is 4.18 Å². The first-order valence-electron chi connectivity index (χ1n) is 10.1. The smallest absolute Gasteiger partial charge is 0.0601 e. The van der Waals surface area contributed by atoms with Gasteiger partial charge in [-0.25, -0.2) is 0 Å². The lowest BCUT2D eigenvalue weighted by molar-refractivity contribution is 0.328. The second kappa shape index (κ2) is 10.2. The minimum absolute atomic E-state index is 0.0257. The van der Waals surface area contributed by atoms with E-state index in [0.717, 1.165) is 13.0 Å². The first-order chi connectivity index (χ1) is 12.5. The summed E-state index contributed by atoms with van der Waals surface area (Å²) in [5, 5.41) is 0. The zero-order chi connectivity index (χ0) is 18.9. The molecule has 0 unspecified atom stereocenters. The summed E-state index contributed by atoms with van der Waals surface area (Å²) in [6.45, 7) is 10.1. The molecule has 0 heterocycles. The number of hydrogen-bond donors (Lipinski definition) is 0. The van der Waals surface area contributed by atoms with Crippen LogP contribution >= 0.6 is 10.3 Å². The van der Waals surface area contributed by atoms with Crippen LogP contribution in [0.5, 0.6) is 0 Å². The maximum absolute atomic E-state index is 6.86. The molecule has 0 N–H and O–H groups in total. The second-order valence-corrected chi connectivity index (χ2v) is 11.4. The molecule has 144 valence electrons. The van der Waals surface area contributed by atoms with E-state index in [1.807, 2.05) is 0 Å². The van der Waals surface area contributed by atoms with Crippen molar-refractivity contribution in [2.24, 2.45) is 0 Å². The van der Waals surface area contributed by atoms with Crippen molar-refractivity contribution in [2.75, 3.05) is 6.61 Å². The van der Waals surface area contributed by atoms with Crippen LogP contribution in [0.15, 0.2) is 70.5 Å². The van der Waals surface area contributed by atoms with Gasteiger partial charge in [0.2, 0.25) is 0 Å². The topological polar surface area (TPSA) is 9.23 Å². The van der Waals surface area contributed by atoms with Crippen molar-refractivity contribution in [2.45, 2.75) is 80.8 Å². The second-order valence-electron chi connectivity index (χ2n) is 7.88. The van der Waals surface area contributed by atoms with Crippen LogP contribution in [0.1, 0.15) is 66.2 Å². The quantitative estimate of drug-likeness (QED) is 0.384. The van der Waals surface area contributed by atoms with Gasteiger partial charge in [0.15, 0.2) is 0 Å². The lowest BCUT2D eigenvalue weighted by Crippen LogP contribution is -2.28. The Labute approximate surface area is 162 Å². The van der Waals surface area contributed by atoms with E-state index >= 15 is 0 Å². The Morgan fingerprint density at radius 1 is 0.692 bits per heavy atom. The molecular weight excluding hydrogens is 336 g/mol. The van der Waals surface area contributed by atoms with E-state index in [4.69, 9.17) is 4.18 Å². The van der Waals surface area contributed by atoms with Crippen LogP contribution in [0, 0.1) is 0 Å². The van der Waals surface area contributed by atoms with Gasteiger partial charge < -0.3 is 4.18 Å². The number of rotatable bonds is 10. The summed E-state index contributed by atoms with van der Waals surface area (Å²) in [6.07, 6.45) is 7.75. The SMILES string of the molecule is CCCCCCCCOS(c1ccccc1)(c1ccccc1)C(C)(C)C. The highest BCUT2D eigenvalue weighted by molar-refractivity contribution is 8.31. The van der Waals surface area contributed by atoms with Gasteiger partial charge in [-0.15, -0.1) is 0 Å². The van der Waals surface area contributed by atoms with Gasteiger partial charge in [0.05, 0.1) is 6.61 Å². The van der Waals surface area contributed by atoms with Crippen molar-refractivity contribution in [1.82, 2.24) is 0 Å². The van der Waals surface area contributed by atoms with E-state index in [9.17, 15) is 0 Å². The van der Waals surface area contributed by atoms with E-state index in [2.05, 4.69) is 88.4 Å². The fourth-order valence-corrected chi connectivity index (χ4v) is 7.21. The molecule has 0 aromatic heterocycles. The molecular formula is C24H36OS. The van der Waals surface area contributed by atoms with Crippen LogP contribution in [0.4, 0.5) is 0 Å². The fraction of sp³-hybridized carbons (Fsp3) is 0.500. The third-order valence-corrected chi connectivity index (χ3v) is 8.89. The summed E-state index contributed by atoms with van der Waals surface area (Å²) >= 11 is 0. The molecule has 0 bridgehead atoms. The molecule has 0 fully saturated rings. The first-order valence-corrected chi connectivity index (χ1v) is 11.7. The van der Waals surface area contributed by atoms with Crippen LogP contribution in [-0.2, 0) is 4.18 Å². The predicted molar refractivity (Wildman–Crippen MR) is 116 cm³/mol. The third-order valence-electron chi connectivity index (χ3n) is 4.77. The molecule has 0 spiro atoms. The van der Waals surface area contributed by atoms with Crippen LogP contribution in [-0.4, -0.2) is 11.4 Å².